The van der Waals surface area contributed by atoms with Gasteiger partial charge in [0.05, 0.1) is 24.5 Å². The van der Waals surface area contributed by atoms with Crippen LogP contribution in [0.4, 0.5) is 0 Å². The molecule has 1 heterocycles. The van der Waals surface area contributed by atoms with E-state index >= 15 is 0 Å². The maximum absolute atomic E-state index is 11.1. The van der Waals surface area contributed by atoms with E-state index in [1.807, 2.05) is 13.8 Å². The number of hydrogen-bond acceptors (Lipinski definition) is 6. The van der Waals surface area contributed by atoms with Crippen molar-refractivity contribution in [3.63, 3.8) is 0 Å². The number of nitrogens with zero attached hydrogens (tertiary/aromatic N) is 2. The summed E-state index contributed by atoms with van der Waals surface area (Å²) in [6.07, 6.45) is 0. The smallest absolute Gasteiger partial charge is 0.347 e. The Hall–Kier alpha value is -2.43. The molecule has 0 bridgehead atoms. The van der Waals surface area contributed by atoms with E-state index in [9.17, 15) is 15.2 Å². The number of ether oxygens (including phenoxy) is 1. The summed E-state index contributed by atoms with van der Waals surface area (Å²) in [5, 5.41) is 28.0. The molecule has 1 aromatic carbocycles. The van der Waals surface area contributed by atoms with Gasteiger partial charge in [-0.3, -0.25) is 0 Å². The average molecular weight is 332 g/mol. The lowest BCUT2D eigenvalue weighted by Gasteiger charge is -2.10. The summed E-state index contributed by atoms with van der Waals surface area (Å²) in [5.74, 6) is -0.303. The van der Waals surface area contributed by atoms with Crippen molar-refractivity contribution in [1.29, 1.82) is 5.26 Å². The van der Waals surface area contributed by atoms with Crippen LogP contribution in [0.3, 0.4) is 0 Å². The van der Waals surface area contributed by atoms with Crippen LogP contribution in [0.15, 0.2) is 18.2 Å². The molecular formula is C16H16N2O4S. The van der Waals surface area contributed by atoms with Crippen LogP contribution in [0.25, 0.3) is 10.6 Å². The summed E-state index contributed by atoms with van der Waals surface area (Å²) < 4.78 is 5.60. The van der Waals surface area contributed by atoms with E-state index in [2.05, 4.69) is 11.1 Å². The number of nitriles is 1. The van der Waals surface area contributed by atoms with Crippen LogP contribution in [0.1, 0.15) is 34.8 Å². The highest BCUT2D eigenvalue weighted by Crippen LogP contribution is 2.31. The van der Waals surface area contributed by atoms with Gasteiger partial charge in [-0.2, -0.15) is 5.26 Å². The van der Waals surface area contributed by atoms with Crippen LogP contribution in [0.5, 0.6) is 5.75 Å². The Morgan fingerprint density at radius 1 is 1.48 bits per heavy atom. The van der Waals surface area contributed by atoms with E-state index in [0.29, 0.717) is 34.4 Å². The minimum atomic E-state index is -1.13. The molecule has 0 fully saturated rings. The van der Waals surface area contributed by atoms with Gasteiger partial charge in [-0.05, 0) is 24.1 Å². The minimum absolute atomic E-state index is 0.00106. The first-order chi connectivity index (χ1) is 11.0. The maximum Gasteiger partial charge on any atom is 0.347 e. The predicted octanol–water partition coefficient (Wildman–Crippen LogP) is 2.91. The Bertz CT molecular complexity index is 762. The van der Waals surface area contributed by atoms with Crippen molar-refractivity contribution < 1.29 is 19.7 Å². The van der Waals surface area contributed by atoms with Crippen LogP contribution in [-0.2, 0) is 6.61 Å². The zero-order valence-electron chi connectivity index (χ0n) is 12.7. The molecule has 120 valence electrons. The molecule has 2 rings (SSSR count). The predicted molar refractivity (Wildman–Crippen MR) is 85.5 cm³/mol. The molecule has 0 aliphatic rings. The second-order valence-corrected chi connectivity index (χ2v) is 6.28. The molecule has 0 unspecified atom stereocenters. The quantitative estimate of drug-likeness (QED) is 0.843. The van der Waals surface area contributed by atoms with Crippen molar-refractivity contribution in [1.82, 2.24) is 4.98 Å². The van der Waals surface area contributed by atoms with Crippen LogP contribution in [-0.4, -0.2) is 27.8 Å². The molecule has 0 saturated carbocycles. The number of rotatable bonds is 6. The molecule has 0 saturated heterocycles. The number of aromatic carboxylic acids is 1. The van der Waals surface area contributed by atoms with Crippen LogP contribution >= 0.6 is 11.3 Å². The summed E-state index contributed by atoms with van der Waals surface area (Å²) in [6.45, 7) is 4.08. The molecule has 0 radical (unpaired) electrons. The van der Waals surface area contributed by atoms with Gasteiger partial charge in [0.25, 0.3) is 0 Å². The van der Waals surface area contributed by atoms with Gasteiger partial charge in [-0.1, -0.05) is 13.8 Å². The normalized spacial score (nSPS) is 10.6. The highest BCUT2D eigenvalue weighted by atomic mass is 32.1. The molecule has 0 aliphatic carbocycles. The first kappa shape index (κ1) is 16.9. The third-order valence-electron chi connectivity index (χ3n) is 2.96. The molecule has 0 spiro atoms. The topological polar surface area (TPSA) is 103 Å². The fourth-order valence-electron chi connectivity index (χ4n) is 1.88. The molecule has 0 amide bonds. The zero-order chi connectivity index (χ0) is 17.0. The van der Waals surface area contributed by atoms with Crippen LogP contribution in [0, 0.1) is 17.2 Å². The standard InChI is InChI=1S/C16H16N2O4S/c1-9(2)8-22-13-4-3-10(5-11(13)6-17)15-18-12(7-19)14(23-15)16(20)21/h3-5,9,19H,7-8H2,1-2H3,(H,20,21). The molecule has 23 heavy (non-hydrogen) atoms. The highest BCUT2D eigenvalue weighted by Gasteiger charge is 2.18. The van der Waals surface area contributed by atoms with Crippen molar-refractivity contribution in [2.75, 3.05) is 6.61 Å². The Labute approximate surface area is 137 Å². The Balaban J connectivity index is 2.38. The second kappa shape index (κ2) is 7.22. The van der Waals surface area contributed by atoms with Gasteiger partial charge in [-0.15, -0.1) is 11.3 Å². The first-order valence-electron chi connectivity index (χ1n) is 6.97. The molecule has 6 nitrogen and oxygen atoms in total. The number of carbonyl (C=O) groups is 1. The first-order valence-corrected chi connectivity index (χ1v) is 7.79. The van der Waals surface area contributed by atoms with Gasteiger partial charge in [0.1, 0.15) is 21.7 Å². The van der Waals surface area contributed by atoms with Gasteiger partial charge in [0.2, 0.25) is 0 Å². The SMILES string of the molecule is CC(C)COc1ccc(-c2nc(CO)c(C(=O)O)s2)cc1C#N. The second-order valence-electron chi connectivity index (χ2n) is 5.29. The van der Waals surface area contributed by atoms with Crippen molar-refractivity contribution >= 4 is 17.3 Å². The molecule has 0 atom stereocenters. The summed E-state index contributed by atoms with van der Waals surface area (Å²) in [7, 11) is 0. The van der Waals surface area contributed by atoms with Gasteiger partial charge in [0, 0.05) is 5.56 Å². The number of aliphatic hydroxyl groups is 1. The van der Waals surface area contributed by atoms with Gasteiger partial charge >= 0.3 is 5.97 Å². The molecule has 1 aromatic heterocycles. The van der Waals surface area contributed by atoms with Gasteiger partial charge in [0.15, 0.2) is 0 Å². The number of carboxylic acids is 1. The molecule has 0 aliphatic heterocycles. The monoisotopic (exact) mass is 332 g/mol. The average Bonchev–Trinajstić information content (AvgIpc) is 2.97. The number of aliphatic hydroxyl groups excluding tert-OH is 1. The maximum atomic E-state index is 11.1. The number of benzene rings is 1. The Morgan fingerprint density at radius 2 is 2.22 bits per heavy atom. The van der Waals surface area contributed by atoms with Crippen LogP contribution in [0.2, 0.25) is 0 Å². The van der Waals surface area contributed by atoms with E-state index in [-0.39, 0.29) is 10.6 Å². The number of thiazole rings is 1. The molecular weight excluding hydrogens is 316 g/mol. The fourth-order valence-corrected chi connectivity index (χ4v) is 2.79. The van der Waals surface area contributed by atoms with Gasteiger partial charge in [-0.25, -0.2) is 9.78 Å². The number of aromatic nitrogens is 1. The third kappa shape index (κ3) is 3.86. The summed E-state index contributed by atoms with van der Waals surface area (Å²) in [6, 6.07) is 7.09. The Morgan fingerprint density at radius 3 is 2.74 bits per heavy atom. The zero-order valence-corrected chi connectivity index (χ0v) is 13.6. The molecule has 7 heteroatoms. The summed E-state index contributed by atoms with van der Waals surface area (Å²) in [5.41, 5.74) is 1.10. The number of hydrogen-bond donors (Lipinski definition) is 2. The van der Waals surface area contributed by atoms with Crippen molar-refractivity contribution in [2.24, 2.45) is 5.92 Å². The van der Waals surface area contributed by atoms with E-state index in [1.54, 1.807) is 18.2 Å². The fraction of sp³-hybridized carbons (Fsp3) is 0.312. The van der Waals surface area contributed by atoms with E-state index in [4.69, 9.17) is 9.84 Å². The lowest BCUT2D eigenvalue weighted by molar-refractivity contribution is 0.0698. The summed E-state index contributed by atoms with van der Waals surface area (Å²) in [4.78, 5) is 15.3. The molecule has 2 aromatic rings. The lowest BCUT2D eigenvalue weighted by Crippen LogP contribution is -2.05. The van der Waals surface area contributed by atoms with E-state index in [0.717, 1.165) is 11.3 Å². The van der Waals surface area contributed by atoms with E-state index < -0.39 is 12.6 Å². The van der Waals surface area contributed by atoms with Crippen molar-refractivity contribution in [3.8, 4) is 22.4 Å². The van der Waals surface area contributed by atoms with Crippen molar-refractivity contribution in [2.45, 2.75) is 20.5 Å². The Kier molecular flexibility index (Phi) is 5.32. The van der Waals surface area contributed by atoms with Crippen LogP contribution < -0.4 is 4.74 Å². The lowest BCUT2D eigenvalue weighted by atomic mass is 10.1. The summed E-state index contributed by atoms with van der Waals surface area (Å²) >= 11 is 0.968. The van der Waals surface area contributed by atoms with Crippen molar-refractivity contribution in [3.05, 3.63) is 34.3 Å². The third-order valence-corrected chi connectivity index (χ3v) is 4.10. The van der Waals surface area contributed by atoms with E-state index in [1.165, 1.54) is 0 Å². The highest BCUT2D eigenvalue weighted by molar-refractivity contribution is 7.17. The largest absolute Gasteiger partial charge is 0.492 e. The molecule has 2 N–H and O–H groups in total. The number of carboxylic acid groups (broad SMARTS) is 1. The minimum Gasteiger partial charge on any atom is -0.492 e. The van der Waals surface area contributed by atoms with Gasteiger partial charge < -0.3 is 14.9 Å².